The summed E-state index contributed by atoms with van der Waals surface area (Å²) >= 11 is 10.2. The number of phenols is 1. The summed E-state index contributed by atoms with van der Waals surface area (Å²) in [6.45, 7) is 0.820. The van der Waals surface area contributed by atoms with E-state index in [4.69, 9.17) is 4.74 Å². The molecule has 2 rings (SSSR count). The summed E-state index contributed by atoms with van der Waals surface area (Å²) in [6, 6.07) is 1.75. The molecule has 1 fully saturated rings. The van der Waals surface area contributed by atoms with E-state index in [1.165, 1.54) is 0 Å². The van der Waals surface area contributed by atoms with Gasteiger partial charge in [0.05, 0.1) is 17.2 Å². The third-order valence-electron chi connectivity index (χ3n) is 2.05. The number of phenolic OH excluding ortho intramolecular Hbond substituents is 1. The van der Waals surface area contributed by atoms with Crippen LogP contribution in [0.25, 0.3) is 0 Å². The Morgan fingerprint density at radius 1 is 1.29 bits per heavy atom. The largest absolute Gasteiger partial charge is 0.507 e. The average Bonchev–Trinajstić information content (AvgIpc) is 2.94. The summed E-state index contributed by atoms with van der Waals surface area (Å²) < 4.78 is 7.63. The van der Waals surface area contributed by atoms with E-state index in [9.17, 15) is 5.11 Å². The van der Waals surface area contributed by atoms with Gasteiger partial charge in [0.2, 0.25) is 0 Å². The smallest absolute Gasteiger partial charge is 0.131 e. The Morgan fingerprint density at radius 2 is 1.93 bits per heavy atom. The normalized spacial score (nSPS) is 19.8. The van der Waals surface area contributed by atoms with Gasteiger partial charge in [-0.25, -0.2) is 0 Å². The molecule has 1 aliphatic heterocycles. The molecule has 14 heavy (non-hydrogen) atoms. The van der Waals surface area contributed by atoms with Crippen LogP contribution in [0, 0.1) is 0 Å². The molecule has 1 aliphatic rings. The molecular weight excluding hydrogens is 380 g/mol. The molecule has 0 aliphatic carbocycles. The van der Waals surface area contributed by atoms with Crippen LogP contribution in [0.15, 0.2) is 19.5 Å². The Morgan fingerprint density at radius 3 is 2.50 bits per heavy atom. The summed E-state index contributed by atoms with van der Waals surface area (Å²) in [5, 5.41) is 9.60. The first-order chi connectivity index (χ1) is 6.59. The molecule has 1 unspecified atom stereocenters. The number of epoxide rings is 1. The first-order valence-corrected chi connectivity index (χ1v) is 6.44. The van der Waals surface area contributed by atoms with Gasteiger partial charge in [-0.2, -0.15) is 0 Å². The van der Waals surface area contributed by atoms with Crippen molar-refractivity contribution in [2.75, 3.05) is 6.61 Å². The monoisotopic (exact) mass is 384 g/mol. The van der Waals surface area contributed by atoms with Crippen LogP contribution in [-0.2, 0) is 11.2 Å². The van der Waals surface area contributed by atoms with Crippen molar-refractivity contribution >= 4 is 47.8 Å². The molecule has 1 aromatic rings. The van der Waals surface area contributed by atoms with Crippen LogP contribution in [0.4, 0.5) is 0 Å². The fraction of sp³-hybridized carbons (Fsp3) is 0.333. The maximum absolute atomic E-state index is 9.60. The average molecular weight is 387 g/mol. The lowest BCUT2D eigenvalue weighted by Crippen LogP contribution is -1.95. The molecule has 0 amide bonds. The predicted molar refractivity (Wildman–Crippen MR) is 64.7 cm³/mol. The lowest BCUT2D eigenvalue weighted by molar-refractivity contribution is 0.406. The molecule has 76 valence electrons. The van der Waals surface area contributed by atoms with Crippen molar-refractivity contribution in [3.05, 3.63) is 25.0 Å². The Bertz CT molecular complexity index is 375. The van der Waals surface area contributed by atoms with Gasteiger partial charge in [0.15, 0.2) is 0 Å². The Labute approximate surface area is 107 Å². The van der Waals surface area contributed by atoms with Crippen LogP contribution in [0.3, 0.4) is 0 Å². The summed E-state index contributed by atoms with van der Waals surface area (Å²) in [5.74, 6) is 0.246. The standard InChI is InChI=1S/C9H7Br3O2/c10-7-4(1-5-3-14-5)2-6(13)8(11)9(7)12/h2,5,13H,1,3H2. The van der Waals surface area contributed by atoms with Gasteiger partial charge in [-0.3, -0.25) is 0 Å². The zero-order chi connectivity index (χ0) is 10.3. The van der Waals surface area contributed by atoms with Gasteiger partial charge >= 0.3 is 0 Å². The van der Waals surface area contributed by atoms with Gasteiger partial charge in [0, 0.05) is 15.4 Å². The van der Waals surface area contributed by atoms with Gasteiger partial charge in [-0.05, 0) is 59.4 Å². The first-order valence-electron chi connectivity index (χ1n) is 4.06. The predicted octanol–water partition coefficient (Wildman–Crippen LogP) is 3.62. The molecule has 1 aromatic carbocycles. The number of hydrogen-bond acceptors (Lipinski definition) is 2. The van der Waals surface area contributed by atoms with Crippen molar-refractivity contribution in [2.24, 2.45) is 0 Å². The molecule has 0 bridgehead atoms. The molecule has 1 saturated heterocycles. The minimum Gasteiger partial charge on any atom is -0.507 e. The van der Waals surface area contributed by atoms with Crippen LogP contribution in [0.1, 0.15) is 5.56 Å². The number of hydrogen-bond donors (Lipinski definition) is 1. The second-order valence-electron chi connectivity index (χ2n) is 3.16. The molecule has 0 spiro atoms. The highest BCUT2D eigenvalue weighted by atomic mass is 79.9. The Balaban J connectivity index is 2.38. The molecule has 0 saturated carbocycles. The minimum atomic E-state index is 0.246. The van der Waals surface area contributed by atoms with Crippen LogP contribution in [-0.4, -0.2) is 17.8 Å². The number of halogens is 3. The zero-order valence-corrected chi connectivity index (χ0v) is 11.8. The Hall–Kier alpha value is 0.420. The van der Waals surface area contributed by atoms with Crippen molar-refractivity contribution in [2.45, 2.75) is 12.5 Å². The number of rotatable bonds is 2. The molecule has 0 radical (unpaired) electrons. The number of aromatic hydroxyl groups is 1. The van der Waals surface area contributed by atoms with Crippen LogP contribution in [0.2, 0.25) is 0 Å². The van der Waals surface area contributed by atoms with E-state index in [2.05, 4.69) is 47.8 Å². The third kappa shape index (κ3) is 2.15. The van der Waals surface area contributed by atoms with Crippen molar-refractivity contribution in [1.82, 2.24) is 0 Å². The lowest BCUT2D eigenvalue weighted by Gasteiger charge is -2.08. The lowest BCUT2D eigenvalue weighted by atomic mass is 10.1. The fourth-order valence-corrected chi connectivity index (χ4v) is 2.73. The van der Waals surface area contributed by atoms with Crippen molar-refractivity contribution in [1.29, 1.82) is 0 Å². The van der Waals surface area contributed by atoms with Gasteiger partial charge in [0.25, 0.3) is 0 Å². The van der Waals surface area contributed by atoms with E-state index < -0.39 is 0 Å². The quantitative estimate of drug-likeness (QED) is 0.622. The number of ether oxygens (including phenoxy) is 1. The fourth-order valence-electron chi connectivity index (χ4n) is 1.22. The van der Waals surface area contributed by atoms with E-state index in [-0.39, 0.29) is 5.75 Å². The first kappa shape index (κ1) is 10.9. The second kappa shape index (κ2) is 4.12. The van der Waals surface area contributed by atoms with Crippen LogP contribution < -0.4 is 0 Å². The van der Waals surface area contributed by atoms with E-state index in [1.807, 2.05) is 0 Å². The van der Waals surface area contributed by atoms with E-state index in [0.29, 0.717) is 10.6 Å². The van der Waals surface area contributed by atoms with E-state index in [1.54, 1.807) is 6.07 Å². The Kier molecular flexibility index (Phi) is 3.21. The summed E-state index contributed by atoms with van der Waals surface area (Å²) in [4.78, 5) is 0. The van der Waals surface area contributed by atoms with Crippen molar-refractivity contribution in [3.63, 3.8) is 0 Å². The molecule has 1 atom stereocenters. The van der Waals surface area contributed by atoms with Crippen LogP contribution >= 0.6 is 47.8 Å². The van der Waals surface area contributed by atoms with E-state index in [0.717, 1.165) is 27.5 Å². The maximum atomic E-state index is 9.60. The molecule has 1 heterocycles. The second-order valence-corrected chi connectivity index (χ2v) is 5.54. The highest BCUT2D eigenvalue weighted by Gasteiger charge is 2.25. The zero-order valence-electron chi connectivity index (χ0n) is 7.06. The molecule has 2 nitrogen and oxygen atoms in total. The molecular formula is C9H7Br3O2. The highest BCUT2D eigenvalue weighted by molar-refractivity contribution is 9.14. The highest BCUT2D eigenvalue weighted by Crippen LogP contribution is 2.40. The van der Waals surface area contributed by atoms with Gasteiger partial charge in [0.1, 0.15) is 5.75 Å². The topological polar surface area (TPSA) is 32.8 Å². The molecule has 1 N–H and O–H groups in total. The molecule has 5 heteroatoms. The SMILES string of the molecule is Oc1cc(CC2CO2)c(Br)c(Br)c1Br. The minimum absolute atomic E-state index is 0.246. The van der Waals surface area contributed by atoms with Gasteiger partial charge in [-0.15, -0.1) is 0 Å². The van der Waals surface area contributed by atoms with Gasteiger partial charge in [-0.1, -0.05) is 0 Å². The maximum Gasteiger partial charge on any atom is 0.131 e. The molecule has 0 aromatic heterocycles. The van der Waals surface area contributed by atoms with Crippen molar-refractivity contribution in [3.8, 4) is 5.75 Å². The van der Waals surface area contributed by atoms with E-state index >= 15 is 0 Å². The van der Waals surface area contributed by atoms with Gasteiger partial charge < -0.3 is 9.84 Å². The third-order valence-corrected chi connectivity index (χ3v) is 5.62. The summed E-state index contributed by atoms with van der Waals surface area (Å²) in [6.07, 6.45) is 1.15. The summed E-state index contributed by atoms with van der Waals surface area (Å²) in [5.41, 5.74) is 1.06. The summed E-state index contributed by atoms with van der Waals surface area (Å²) in [7, 11) is 0. The van der Waals surface area contributed by atoms with Crippen LogP contribution in [0.5, 0.6) is 5.75 Å². The number of benzene rings is 1. The van der Waals surface area contributed by atoms with Crippen molar-refractivity contribution < 1.29 is 9.84 Å².